The fourth-order valence-corrected chi connectivity index (χ4v) is 3.12. The van der Waals surface area contributed by atoms with Crippen molar-refractivity contribution in [2.75, 3.05) is 20.1 Å². The molecule has 2 heterocycles. The summed E-state index contributed by atoms with van der Waals surface area (Å²) >= 11 is 0. The molecule has 7 nitrogen and oxygen atoms in total. The molecule has 0 bridgehead atoms. The maximum absolute atomic E-state index is 14.5. The standard InChI is InChI=1S/C19H23FN6O/c1-12(27)26-7-6-18(22-2)16(11-26)19(21)24-14-4-5-15(17(20)8-14)13-9-23-25(3)10-13/h4-5,8-10,22H,6-7,11H2,1-3H3,(H2,21,24). The number of hydrogen-bond acceptors (Lipinski definition) is 4. The number of nitrogens with two attached hydrogens (primary N) is 1. The van der Waals surface area contributed by atoms with E-state index < -0.39 is 5.82 Å². The Morgan fingerprint density at radius 1 is 1.41 bits per heavy atom. The maximum atomic E-state index is 14.5. The first-order valence-electron chi connectivity index (χ1n) is 8.67. The van der Waals surface area contributed by atoms with Gasteiger partial charge in [0, 0.05) is 68.6 Å². The molecule has 0 spiro atoms. The van der Waals surface area contributed by atoms with Crippen LogP contribution in [0.2, 0.25) is 0 Å². The Kier molecular flexibility index (Phi) is 5.25. The number of aryl methyl sites for hydroxylation is 1. The first-order valence-corrected chi connectivity index (χ1v) is 8.67. The molecule has 3 N–H and O–H groups in total. The van der Waals surface area contributed by atoms with Crippen LogP contribution in [0.1, 0.15) is 13.3 Å². The molecule has 1 aromatic heterocycles. The van der Waals surface area contributed by atoms with Crippen LogP contribution in [-0.4, -0.2) is 46.6 Å². The average Bonchev–Trinajstić information content (AvgIpc) is 3.07. The molecule has 1 aromatic carbocycles. The summed E-state index contributed by atoms with van der Waals surface area (Å²) in [7, 11) is 3.59. The highest BCUT2D eigenvalue weighted by atomic mass is 19.1. The molecular weight excluding hydrogens is 347 g/mol. The van der Waals surface area contributed by atoms with Gasteiger partial charge in [0.1, 0.15) is 11.7 Å². The second kappa shape index (κ2) is 7.61. The van der Waals surface area contributed by atoms with Gasteiger partial charge < -0.3 is 16.0 Å². The fourth-order valence-electron chi connectivity index (χ4n) is 3.12. The highest BCUT2D eigenvalue weighted by Crippen LogP contribution is 2.26. The molecule has 142 valence electrons. The average molecular weight is 370 g/mol. The Morgan fingerprint density at radius 2 is 2.19 bits per heavy atom. The van der Waals surface area contributed by atoms with Gasteiger partial charge in [-0.25, -0.2) is 9.38 Å². The van der Waals surface area contributed by atoms with Crippen molar-refractivity contribution in [3.63, 3.8) is 0 Å². The molecule has 1 amide bonds. The Labute approximate surface area is 157 Å². The third kappa shape index (κ3) is 3.99. The molecule has 0 radical (unpaired) electrons. The number of rotatable bonds is 4. The molecule has 0 saturated heterocycles. The van der Waals surface area contributed by atoms with Crippen molar-refractivity contribution >= 4 is 17.4 Å². The van der Waals surface area contributed by atoms with Crippen molar-refractivity contribution in [3.8, 4) is 11.1 Å². The van der Waals surface area contributed by atoms with E-state index in [4.69, 9.17) is 5.73 Å². The molecule has 2 aromatic rings. The van der Waals surface area contributed by atoms with Gasteiger partial charge >= 0.3 is 0 Å². The van der Waals surface area contributed by atoms with Crippen molar-refractivity contribution in [3.05, 3.63) is 47.7 Å². The van der Waals surface area contributed by atoms with Crippen LogP contribution in [-0.2, 0) is 11.8 Å². The first-order chi connectivity index (χ1) is 12.9. The minimum absolute atomic E-state index is 0.0117. The van der Waals surface area contributed by atoms with Gasteiger partial charge in [-0.15, -0.1) is 0 Å². The van der Waals surface area contributed by atoms with Crippen LogP contribution < -0.4 is 11.1 Å². The molecule has 27 heavy (non-hydrogen) atoms. The van der Waals surface area contributed by atoms with Gasteiger partial charge in [-0.05, 0) is 12.1 Å². The number of amides is 1. The monoisotopic (exact) mass is 370 g/mol. The zero-order valence-electron chi connectivity index (χ0n) is 15.7. The maximum Gasteiger partial charge on any atom is 0.219 e. The lowest BCUT2D eigenvalue weighted by molar-refractivity contribution is -0.128. The normalized spacial score (nSPS) is 15.3. The number of carbonyl (C=O) groups is 1. The molecular formula is C19H23FN6O. The number of aromatic nitrogens is 2. The van der Waals surface area contributed by atoms with Crippen molar-refractivity contribution in [2.45, 2.75) is 13.3 Å². The van der Waals surface area contributed by atoms with E-state index in [9.17, 15) is 9.18 Å². The zero-order valence-corrected chi connectivity index (χ0v) is 15.7. The SMILES string of the molecule is CNC1=C(C(N)=Nc2ccc(-c3cnn(C)c3)c(F)c2)CN(C(C)=O)CC1. The third-order valence-electron chi connectivity index (χ3n) is 4.62. The molecule has 0 aliphatic carbocycles. The van der Waals surface area contributed by atoms with E-state index in [1.807, 2.05) is 7.05 Å². The minimum Gasteiger partial charge on any atom is -0.391 e. The molecule has 0 saturated carbocycles. The quantitative estimate of drug-likeness (QED) is 0.636. The topological polar surface area (TPSA) is 88.5 Å². The Hall–Kier alpha value is -3.16. The molecule has 3 rings (SSSR count). The lowest BCUT2D eigenvalue weighted by Gasteiger charge is -2.29. The molecule has 0 fully saturated rings. The van der Waals surface area contributed by atoms with E-state index >= 15 is 0 Å². The van der Waals surface area contributed by atoms with Crippen LogP contribution in [0.25, 0.3) is 11.1 Å². The summed E-state index contributed by atoms with van der Waals surface area (Å²) in [6.45, 7) is 2.55. The lowest BCUT2D eigenvalue weighted by Crippen LogP contribution is -2.40. The first kappa shape index (κ1) is 18.6. The van der Waals surface area contributed by atoms with Crippen LogP contribution in [0.4, 0.5) is 10.1 Å². The highest BCUT2D eigenvalue weighted by Gasteiger charge is 2.22. The van der Waals surface area contributed by atoms with Gasteiger partial charge in [0.05, 0.1) is 18.4 Å². The largest absolute Gasteiger partial charge is 0.391 e. The van der Waals surface area contributed by atoms with Crippen LogP contribution in [0.3, 0.4) is 0 Å². The van der Waals surface area contributed by atoms with Gasteiger partial charge in [0.25, 0.3) is 0 Å². The van der Waals surface area contributed by atoms with E-state index in [1.165, 1.54) is 13.0 Å². The number of carbonyl (C=O) groups excluding carboxylic acids is 1. The summed E-state index contributed by atoms with van der Waals surface area (Å²) in [6.07, 6.45) is 4.03. The summed E-state index contributed by atoms with van der Waals surface area (Å²) < 4.78 is 16.1. The van der Waals surface area contributed by atoms with E-state index in [1.54, 1.807) is 41.2 Å². The fraction of sp³-hybridized carbons (Fsp3) is 0.316. The van der Waals surface area contributed by atoms with Crippen LogP contribution in [0, 0.1) is 5.82 Å². The van der Waals surface area contributed by atoms with Crippen molar-refractivity contribution in [1.29, 1.82) is 0 Å². The molecule has 1 aliphatic rings. The number of hydrogen-bond donors (Lipinski definition) is 2. The van der Waals surface area contributed by atoms with Gasteiger partial charge in [-0.3, -0.25) is 9.48 Å². The summed E-state index contributed by atoms with van der Waals surface area (Å²) in [5.41, 5.74) is 9.46. The van der Waals surface area contributed by atoms with Crippen molar-refractivity contribution in [1.82, 2.24) is 20.0 Å². The van der Waals surface area contributed by atoms with Crippen molar-refractivity contribution in [2.24, 2.45) is 17.8 Å². The number of aliphatic imine (C=N–C) groups is 1. The van der Waals surface area contributed by atoms with E-state index in [-0.39, 0.29) is 11.7 Å². The Morgan fingerprint density at radius 3 is 2.78 bits per heavy atom. The Balaban J connectivity index is 1.90. The second-order valence-electron chi connectivity index (χ2n) is 6.46. The molecule has 8 heteroatoms. The molecule has 1 aliphatic heterocycles. The number of benzene rings is 1. The van der Waals surface area contributed by atoms with Crippen LogP contribution in [0.15, 0.2) is 46.9 Å². The number of amidine groups is 1. The second-order valence-corrected chi connectivity index (χ2v) is 6.46. The molecule has 0 atom stereocenters. The minimum atomic E-state index is -0.395. The summed E-state index contributed by atoms with van der Waals surface area (Å²) in [5.74, 6) is -0.130. The predicted molar refractivity (Wildman–Crippen MR) is 103 cm³/mol. The smallest absolute Gasteiger partial charge is 0.219 e. The van der Waals surface area contributed by atoms with Crippen LogP contribution in [0.5, 0.6) is 0 Å². The van der Waals surface area contributed by atoms with Crippen LogP contribution >= 0.6 is 0 Å². The van der Waals surface area contributed by atoms with Gasteiger partial charge in [0.15, 0.2) is 0 Å². The highest BCUT2D eigenvalue weighted by molar-refractivity contribution is 6.00. The van der Waals surface area contributed by atoms with E-state index in [2.05, 4.69) is 15.4 Å². The lowest BCUT2D eigenvalue weighted by atomic mass is 10.0. The van der Waals surface area contributed by atoms with Crippen molar-refractivity contribution < 1.29 is 9.18 Å². The predicted octanol–water partition coefficient (Wildman–Crippen LogP) is 1.94. The van der Waals surface area contributed by atoms with Gasteiger partial charge in [-0.2, -0.15) is 5.10 Å². The third-order valence-corrected chi connectivity index (χ3v) is 4.62. The number of halogens is 1. The molecule has 0 unspecified atom stereocenters. The van der Waals surface area contributed by atoms with E-state index in [0.29, 0.717) is 36.3 Å². The zero-order chi connectivity index (χ0) is 19.6. The number of nitrogens with one attached hydrogen (secondary N) is 1. The van der Waals surface area contributed by atoms with Gasteiger partial charge in [0.2, 0.25) is 5.91 Å². The summed E-state index contributed by atoms with van der Waals surface area (Å²) in [5, 5.41) is 7.18. The summed E-state index contributed by atoms with van der Waals surface area (Å²) in [4.78, 5) is 17.8. The Bertz CT molecular complexity index is 930. The van der Waals surface area contributed by atoms with E-state index in [0.717, 1.165) is 11.3 Å². The number of nitrogens with zero attached hydrogens (tertiary/aromatic N) is 4. The van der Waals surface area contributed by atoms with Gasteiger partial charge in [-0.1, -0.05) is 0 Å². The summed E-state index contributed by atoms with van der Waals surface area (Å²) in [6, 6.07) is 4.72.